The van der Waals surface area contributed by atoms with Crippen molar-refractivity contribution in [1.82, 2.24) is 24.8 Å². The molecule has 2 aliphatic heterocycles. The maximum absolute atomic E-state index is 12.7. The van der Waals surface area contributed by atoms with Crippen LogP contribution < -0.4 is 4.90 Å². The normalized spacial score (nSPS) is 16.0. The summed E-state index contributed by atoms with van der Waals surface area (Å²) < 4.78 is 4.77. The van der Waals surface area contributed by atoms with Gasteiger partial charge < -0.3 is 19.5 Å². The number of nitrogens with one attached hydrogen (secondary N) is 1. The second-order valence-corrected chi connectivity index (χ2v) is 12.3. The van der Waals surface area contributed by atoms with Crippen molar-refractivity contribution >= 4 is 28.7 Å². The highest BCUT2D eigenvalue weighted by atomic mass is 16.5. The summed E-state index contributed by atoms with van der Waals surface area (Å²) >= 11 is 0. The van der Waals surface area contributed by atoms with Gasteiger partial charge in [-0.25, -0.2) is 14.8 Å². The van der Waals surface area contributed by atoms with Gasteiger partial charge in [0.2, 0.25) is 11.9 Å². The molecule has 2 aliphatic rings. The van der Waals surface area contributed by atoms with E-state index in [4.69, 9.17) is 4.74 Å². The summed E-state index contributed by atoms with van der Waals surface area (Å²) in [4.78, 5) is 43.5. The fraction of sp³-hybridized carbons (Fsp3) is 0.394. The van der Waals surface area contributed by atoms with Crippen LogP contribution in [0.4, 0.5) is 5.95 Å². The second-order valence-electron chi connectivity index (χ2n) is 12.3. The Kier molecular flexibility index (Phi) is 7.45. The molecule has 0 bridgehead atoms. The van der Waals surface area contributed by atoms with Crippen molar-refractivity contribution in [2.24, 2.45) is 5.41 Å². The smallest absolute Gasteiger partial charge is 0.341 e. The largest absolute Gasteiger partial charge is 0.465 e. The van der Waals surface area contributed by atoms with Gasteiger partial charge in [0.15, 0.2) is 0 Å². The Morgan fingerprint density at radius 2 is 1.69 bits per heavy atom. The Hall–Kier alpha value is -4.24. The van der Waals surface area contributed by atoms with E-state index in [0.717, 1.165) is 51.2 Å². The summed E-state index contributed by atoms with van der Waals surface area (Å²) in [6.07, 6.45) is 3.91. The second kappa shape index (κ2) is 11.2. The monoisotopic (exact) mass is 566 g/mol. The quantitative estimate of drug-likeness (QED) is 0.351. The number of nitrogens with zero attached hydrogens (tertiary/aromatic N) is 5. The van der Waals surface area contributed by atoms with Gasteiger partial charge in [0, 0.05) is 92.2 Å². The molecule has 0 unspecified atom stereocenters. The molecule has 0 aliphatic carbocycles. The van der Waals surface area contributed by atoms with Crippen molar-refractivity contribution in [3.8, 4) is 11.1 Å². The molecule has 0 spiro atoms. The molecule has 1 amide bonds. The number of methoxy groups -OCH3 is 1. The van der Waals surface area contributed by atoms with Crippen molar-refractivity contribution in [2.75, 3.05) is 44.7 Å². The lowest BCUT2D eigenvalue weighted by atomic mass is 9.94. The maximum atomic E-state index is 12.7. The van der Waals surface area contributed by atoms with E-state index in [1.165, 1.54) is 52.8 Å². The number of piperazine rings is 1. The van der Waals surface area contributed by atoms with E-state index in [9.17, 15) is 9.59 Å². The predicted molar refractivity (Wildman–Crippen MR) is 163 cm³/mol. The zero-order valence-corrected chi connectivity index (χ0v) is 24.8. The number of aromatic amines is 1. The minimum absolute atomic E-state index is 0.235. The molecule has 9 heteroatoms. The highest BCUT2D eigenvalue weighted by molar-refractivity contribution is 5.90. The van der Waals surface area contributed by atoms with Gasteiger partial charge in [-0.05, 0) is 34.9 Å². The summed E-state index contributed by atoms with van der Waals surface area (Å²) in [5.74, 6) is 0.402. The lowest BCUT2D eigenvalue weighted by molar-refractivity contribution is -0.141. The van der Waals surface area contributed by atoms with E-state index >= 15 is 0 Å². The first-order chi connectivity index (χ1) is 20.2. The third-order valence-corrected chi connectivity index (χ3v) is 8.28. The zero-order valence-electron chi connectivity index (χ0n) is 24.8. The number of rotatable bonds is 5. The molecule has 2 aromatic carbocycles. The molecule has 6 rings (SSSR count). The number of esters is 1. The third-order valence-electron chi connectivity index (χ3n) is 8.28. The van der Waals surface area contributed by atoms with Crippen molar-refractivity contribution in [2.45, 2.75) is 40.3 Å². The van der Waals surface area contributed by atoms with Gasteiger partial charge in [-0.3, -0.25) is 9.69 Å². The molecule has 1 saturated heterocycles. The van der Waals surface area contributed by atoms with Crippen molar-refractivity contribution in [3.05, 3.63) is 77.2 Å². The van der Waals surface area contributed by atoms with Crippen LogP contribution in [-0.4, -0.2) is 76.5 Å². The van der Waals surface area contributed by atoms with E-state index in [1.807, 2.05) is 25.7 Å². The van der Waals surface area contributed by atoms with Crippen molar-refractivity contribution in [3.63, 3.8) is 0 Å². The fourth-order valence-corrected chi connectivity index (χ4v) is 5.96. The Labute approximate surface area is 246 Å². The number of aromatic nitrogens is 3. The third kappa shape index (κ3) is 5.61. The van der Waals surface area contributed by atoms with Crippen LogP contribution in [0.25, 0.3) is 22.0 Å². The standard InChI is InChI=1S/C33H38N6O3/c1-33(2,3)31(41)38-14-12-37(13-15-38)20-22-6-5-7-23(16-22)24-8-9-28-26(17-24)27-21-39(11-10-29(27)36-28)32-34-18-25(19-35-32)30(40)42-4/h5-9,16-19,36H,10-15,20-21H2,1-4H3. The molecule has 0 atom stereocenters. The SMILES string of the molecule is COC(=O)c1cnc(N2CCc3[nH]c4ccc(-c5cccc(CN6CCN(C(=O)C(C)(C)C)CC6)c5)cc4c3C2)nc1. The molecule has 1 fully saturated rings. The summed E-state index contributed by atoms with van der Waals surface area (Å²) in [6, 6.07) is 15.4. The van der Waals surface area contributed by atoms with Crippen LogP contribution in [0.15, 0.2) is 54.9 Å². The van der Waals surface area contributed by atoms with Crippen molar-refractivity contribution < 1.29 is 14.3 Å². The van der Waals surface area contributed by atoms with Crippen LogP contribution in [0.2, 0.25) is 0 Å². The summed E-state index contributed by atoms with van der Waals surface area (Å²) in [5, 5.41) is 1.21. The van der Waals surface area contributed by atoms with Gasteiger partial charge >= 0.3 is 5.97 Å². The van der Waals surface area contributed by atoms with Crippen LogP contribution in [0, 0.1) is 5.41 Å². The molecule has 0 radical (unpaired) electrons. The van der Waals surface area contributed by atoms with E-state index in [-0.39, 0.29) is 11.3 Å². The molecular formula is C33H38N6O3. The van der Waals surface area contributed by atoms with E-state index in [0.29, 0.717) is 18.1 Å². The van der Waals surface area contributed by atoms with E-state index in [1.54, 1.807) is 0 Å². The first-order valence-corrected chi connectivity index (χ1v) is 14.6. The molecule has 9 nitrogen and oxygen atoms in total. The number of carbonyl (C=O) groups excluding carboxylic acids is 2. The summed E-state index contributed by atoms with van der Waals surface area (Å²) in [5.41, 5.74) is 7.31. The number of hydrogen-bond acceptors (Lipinski definition) is 7. The number of amides is 1. The average molecular weight is 567 g/mol. The van der Waals surface area contributed by atoms with Crippen LogP contribution in [-0.2, 0) is 29.0 Å². The summed E-state index contributed by atoms with van der Waals surface area (Å²) in [6.45, 7) is 11.7. The first-order valence-electron chi connectivity index (χ1n) is 14.6. The number of anilines is 1. The van der Waals surface area contributed by atoms with Crippen molar-refractivity contribution in [1.29, 1.82) is 0 Å². The van der Waals surface area contributed by atoms with E-state index < -0.39 is 5.97 Å². The zero-order chi connectivity index (χ0) is 29.4. The number of benzene rings is 2. The number of carbonyl (C=O) groups is 2. The average Bonchev–Trinajstić information content (AvgIpc) is 3.37. The Bertz CT molecular complexity index is 1610. The Morgan fingerprint density at radius 1 is 0.952 bits per heavy atom. The Balaban J connectivity index is 1.17. The van der Waals surface area contributed by atoms with E-state index in [2.05, 4.69) is 67.2 Å². The maximum Gasteiger partial charge on any atom is 0.341 e. The molecular weight excluding hydrogens is 528 g/mol. The first kappa shape index (κ1) is 27.9. The number of ether oxygens (including phenoxy) is 1. The van der Waals surface area contributed by atoms with Gasteiger partial charge in [-0.2, -0.15) is 0 Å². The van der Waals surface area contributed by atoms with Gasteiger partial charge in [0.1, 0.15) is 0 Å². The van der Waals surface area contributed by atoms with Gasteiger partial charge in [-0.15, -0.1) is 0 Å². The molecule has 1 N–H and O–H groups in total. The Morgan fingerprint density at radius 3 is 2.40 bits per heavy atom. The fourth-order valence-electron chi connectivity index (χ4n) is 5.96. The minimum Gasteiger partial charge on any atom is -0.465 e. The number of hydrogen-bond donors (Lipinski definition) is 1. The van der Waals surface area contributed by atoms with Crippen LogP contribution in [0.3, 0.4) is 0 Å². The molecule has 4 heterocycles. The van der Waals surface area contributed by atoms with Crippen LogP contribution in [0.5, 0.6) is 0 Å². The lowest BCUT2D eigenvalue weighted by Crippen LogP contribution is -2.51. The predicted octanol–water partition coefficient (Wildman–Crippen LogP) is 4.66. The van der Waals surface area contributed by atoms with Gasteiger partial charge in [-0.1, -0.05) is 45.0 Å². The summed E-state index contributed by atoms with van der Waals surface area (Å²) in [7, 11) is 1.35. The lowest BCUT2D eigenvalue weighted by Gasteiger charge is -2.37. The van der Waals surface area contributed by atoms with Crippen LogP contribution in [0.1, 0.15) is 48.0 Å². The highest BCUT2D eigenvalue weighted by Crippen LogP contribution is 2.33. The van der Waals surface area contributed by atoms with Gasteiger partial charge in [0.05, 0.1) is 12.7 Å². The molecule has 218 valence electrons. The molecule has 2 aromatic heterocycles. The minimum atomic E-state index is -0.439. The highest BCUT2D eigenvalue weighted by Gasteiger charge is 2.29. The number of fused-ring (bicyclic) bond motifs is 3. The molecule has 4 aromatic rings. The van der Waals surface area contributed by atoms with Crippen LogP contribution >= 0.6 is 0 Å². The number of H-pyrrole nitrogens is 1. The van der Waals surface area contributed by atoms with Gasteiger partial charge in [0.25, 0.3) is 0 Å². The molecule has 42 heavy (non-hydrogen) atoms. The molecule has 0 saturated carbocycles. The topological polar surface area (TPSA) is 94.7 Å².